The maximum Gasteiger partial charge on any atom is 0.253 e. The Morgan fingerprint density at radius 3 is 2.79 bits per heavy atom. The summed E-state index contributed by atoms with van der Waals surface area (Å²) in [5, 5.41) is 2.75. The first-order valence-electron chi connectivity index (χ1n) is 4.52. The average molecular weight is 200 g/mol. The number of nitrogens with zero attached hydrogens (tertiary/aromatic N) is 1. The van der Waals surface area contributed by atoms with Crippen LogP contribution in [0.15, 0.2) is 18.5 Å². The second-order valence-electron chi connectivity index (χ2n) is 3.31. The summed E-state index contributed by atoms with van der Waals surface area (Å²) in [5.74, 6) is 0. The third-order valence-corrected chi connectivity index (χ3v) is 2.14. The lowest BCUT2D eigenvalue weighted by Gasteiger charge is -2.13. The Morgan fingerprint density at radius 1 is 1.50 bits per heavy atom. The van der Waals surface area contributed by atoms with Gasteiger partial charge in [0.05, 0.1) is 6.04 Å². The van der Waals surface area contributed by atoms with E-state index < -0.39 is 12.5 Å². The fourth-order valence-electron chi connectivity index (χ4n) is 1.04. The van der Waals surface area contributed by atoms with Crippen molar-refractivity contribution in [2.45, 2.75) is 32.9 Å². The molecule has 0 radical (unpaired) electrons. The van der Waals surface area contributed by atoms with Gasteiger partial charge in [-0.25, -0.2) is 8.78 Å². The van der Waals surface area contributed by atoms with Gasteiger partial charge in [-0.15, -0.1) is 0 Å². The van der Waals surface area contributed by atoms with Crippen molar-refractivity contribution in [2.75, 3.05) is 0 Å². The summed E-state index contributed by atoms with van der Waals surface area (Å²) in [6.07, 6.45) is 1.06. The maximum atomic E-state index is 12.2. The SMILES string of the molecule is Cc1ccncc1CNC(C)C(F)F. The summed E-state index contributed by atoms with van der Waals surface area (Å²) < 4.78 is 24.3. The molecule has 0 bridgehead atoms. The zero-order chi connectivity index (χ0) is 10.6. The Hall–Kier alpha value is -1.03. The number of hydrogen-bond acceptors (Lipinski definition) is 2. The van der Waals surface area contributed by atoms with Gasteiger partial charge >= 0.3 is 0 Å². The van der Waals surface area contributed by atoms with Crippen LogP contribution in [0.5, 0.6) is 0 Å². The largest absolute Gasteiger partial charge is 0.305 e. The number of aryl methyl sites for hydroxylation is 1. The van der Waals surface area contributed by atoms with Gasteiger partial charge in [0.1, 0.15) is 0 Å². The molecule has 1 aromatic heterocycles. The van der Waals surface area contributed by atoms with Crippen molar-refractivity contribution in [3.63, 3.8) is 0 Å². The van der Waals surface area contributed by atoms with Gasteiger partial charge in [0.25, 0.3) is 6.43 Å². The molecule has 0 saturated carbocycles. The molecular formula is C10H14F2N2. The second kappa shape index (κ2) is 5.00. The van der Waals surface area contributed by atoms with E-state index in [1.807, 2.05) is 13.0 Å². The lowest BCUT2D eigenvalue weighted by atomic mass is 10.1. The average Bonchev–Trinajstić information content (AvgIpc) is 2.16. The predicted octanol–water partition coefficient (Wildman–Crippen LogP) is 2.13. The number of hydrogen-bond donors (Lipinski definition) is 1. The van der Waals surface area contributed by atoms with Crippen LogP contribution in [0.2, 0.25) is 0 Å². The van der Waals surface area contributed by atoms with Crippen molar-refractivity contribution < 1.29 is 8.78 Å². The minimum Gasteiger partial charge on any atom is -0.305 e. The van der Waals surface area contributed by atoms with Crippen LogP contribution in [-0.4, -0.2) is 17.5 Å². The highest BCUT2D eigenvalue weighted by Crippen LogP contribution is 2.06. The van der Waals surface area contributed by atoms with Crippen molar-refractivity contribution in [3.8, 4) is 0 Å². The molecule has 0 saturated heterocycles. The van der Waals surface area contributed by atoms with E-state index in [0.717, 1.165) is 11.1 Å². The molecule has 1 N–H and O–H groups in total. The summed E-state index contributed by atoms with van der Waals surface area (Å²) in [5.41, 5.74) is 2.02. The molecule has 14 heavy (non-hydrogen) atoms. The van der Waals surface area contributed by atoms with Crippen molar-refractivity contribution in [3.05, 3.63) is 29.6 Å². The molecular weight excluding hydrogens is 186 g/mol. The van der Waals surface area contributed by atoms with E-state index in [1.165, 1.54) is 6.92 Å². The first-order chi connectivity index (χ1) is 6.61. The highest BCUT2D eigenvalue weighted by atomic mass is 19.3. The quantitative estimate of drug-likeness (QED) is 0.805. The molecule has 78 valence electrons. The minimum atomic E-state index is -2.33. The summed E-state index contributed by atoms with van der Waals surface area (Å²) in [6.45, 7) is 3.84. The molecule has 4 heteroatoms. The molecule has 1 atom stereocenters. The molecule has 0 aliphatic carbocycles. The van der Waals surface area contributed by atoms with E-state index in [-0.39, 0.29) is 0 Å². The van der Waals surface area contributed by atoms with Crippen molar-refractivity contribution in [1.82, 2.24) is 10.3 Å². The van der Waals surface area contributed by atoms with E-state index >= 15 is 0 Å². The van der Waals surface area contributed by atoms with Crippen LogP contribution in [0.3, 0.4) is 0 Å². The van der Waals surface area contributed by atoms with Gasteiger partial charge < -0.3 is 5.32 Å². The van der Waals surface area contributed by atoms with Crippen LogP contribution in [0.4, 0.5) is 8.78 Å². The zero-order valence-corrected chi connectivity index (χ0v) is 8.30. The molecule has 0 fully saturated rings. The summed E-state index contributed by atoms with van der Waals surface area (Å²) in [6, 6.07) is 1.08. The molecule has 1 unspecified atom stereocenters. The van der Waals surface area contributed by atoms with Gasteiger partial charge in [0.2, 0.25) is 0 Å². The molecule has 0 amide bonds. The molecule has 0 aliphatic heterocycles. The van der Waals surface area contributed by atoms with E-state index in [1.54, 1.807) is 12.4 Å². The molecule has 1 aromatic rings. The van der Waals surface area contributed by atoms with Gasteiger partial charge in [-0.2, -0.15) is 0 Å². The number of rotatable bonds is 4. The van der Waals surface area contributed by atoms with E-state index in [9.17, 15) is 8.78 Å². The predicted molar refractivity (Wildman–Crippen MR) is 51.3 cm³/mol. The Kier molecular flexibility index (Phi) is 3.95. The smallest absolute Gasteiger partial charge is 0.253 e. The van der Waals surface area contributed by atoms with E-state index in [4.69, 9.17) is 0 Å². The number of aromatic nitrogens is 1. The zero-order valence-electron chi connectivity index (χ0n) is 8.30. The van der Waals surface area contributed by atoms with Crippen LogP contribution >= 0.6 is 0 Å². The van der Waals surface area contributed by atoms with Gasteiger partial charge in [-0.05, 0) is 31.0 Å². The van der Waals surface area contributed by atoms with Gasteiger partial charge in [0.15, 0.2) is 0 Å². The highest BCUT2D eigenvalue weighted by Gasteiger charge is 2.13. The third kappa shape index (κ3) is 3.03. The number of nitrogens with one attached hydrogen (secondary N) is 1. The maximum absolute atomic E-state index is 12.2. The number of alkyl halides is 2. The van der Waals surface area contributed by atoms with Crippen LogP contribution in [-0.2, 0) is 6.54 Å². The number of halogens is 2. The highest BCUT2D eigenvalue weighted by molar-refractivity contribution is 5.21. The Bertz CT molecular complexity index is 289. The number of pyridine rings is 1. The van der Waals surface area contributed by atoms with Crippen LogP contribution in [0.1, 0.15) is 18.1 Å². The van der Waals surface area contributed by atoms with E-state index in [0.29, 0.717) is 6.54 Å². The fraction of sp³-hybridized carbons (Fsp3) is 0.500. The van der Waals surface area contributed by atoms with Gasteiger partial charge in [-0.1, -0.05) is 0 Å². The minimum absolute atomic E-state index is 0.436. The van der Waals surface area contributed by atoms with Crippen molar-refractivity contribution >= 4 is 0 Å². The van der Waals surface area contributed by atoms with Gasteiger partial charge in [0, 0.05) is 18.9 Å². The molecule has 0 spiro atoms. The summed E-state index contributed by atoms with van der Waals surface area (Å²) in [7, 11) is 0. The third-order valence-electron chi connectivity index (χ3n) is 2.14. The van der Waals surface area contributed by atoms with Crippen LogP contribution in [0, 0.1) is 6.92 Å². The van der Waals surface area contributed by atoms with Crippen LogP contribution in [0.25, 0.3) is 0 Å². The van der Waals surface area contributed by atoms with Crippen LogP contribution < -0.4 is 5.32 Å². The second-order valence-corrected chi connectivity index (χ2v) is 3.31. The molecule has 0 aliphatic rings. The standard InChI is InChI=1S/C10H14F2N2/c1-7-3-4-13-5-9(7)6-14-8(2)10(11)12/h3-5,8,10,14H,6H2,1-2H3. The normalized spacial score (nSPS) is 13.2. The molecule has 1 rings (SSSR count). The van der Waals surface area contributed by atoms with Gasteiger partial charge in [-0.3, -0.25) is 4.98 Å². The van der Waals surface area contributed by atoms with E-state index in [2.05, 4.69) is 10.3 Å². The molecule has 1 heterocycles. The monoisotopic (exact) mass is 200 g/mol. The Labute approximate surface area is 82.4 Å². The topological polar surface area (TPSA) is 24.9 Å². The van der Waals surface area contributed by atoms with Crippen molar-refractivity contribution in [1.29, 1.82) is 0 Å². The van der Waals surface area contributed by atoms with Crippen molar-refractivity contribution in [2.24, 2.45) is 0 Å². The Balaban J connectivity index is 2.50. The summed E-state index contributed by atoms with van der Waals surface area (Å²) >= 11 is 0. The lowest BCUT2D eigenvalue weighted by molar-refractivity contribution is 0.105. The lowest BCUT2D eigenvalue weighted by Crippen LogP contribution is -2.32. The first-order valence-corrected chi connectivity index (χ1v) is 4.52. The molecule has 0 aromatic carbocycles. The Morgan fingerprint density at radius 2 is 2.21 bits per heavy atom. The summed E-state index contributed by atoms with van der Waals surface area (Å²) in [4.78, 5) is 3.94. The molecule has 2 nitrogen and oxygen atoms in total. The fourth-order valence-corrected chi connectivity index (χ4v) is 1.04. The first kappa shape index (κ1) is 11.0.